The molecular weight excluding hydrogens is 423 g/mol. The predicted molar refractivity (Wildman–Crippen MR) is 106 cm³/mol. The maximum atomic E-state index is 13.0. The summed E-state index contributed by atoms with van der Waals surface area (Å²) in [5, 5.41) is 7.01. The Labute approximate surface area is 173 Å². The van der Waals surface area contributed by atoms with Gasteiger partial charge in [-0.15, -0.1) is 0 Å². The fraction of sp³-hybridized carbons (Fsp3) is 0.444. The molecule has 0 atom stereocenters. The minimum Gasteiger partial charge on any atom is -0.379 e. The van der Waals surface area contributed by atoms with Crippen molar-refractivity contribution >= 4 is 27.5 Å². The number of hydrogen-bond donors (Lipinski definition) is 1. The number of nitrogens with one attached hydrogen (secondary N) is 1. The molecule has 0 bridgehead atoms. The van der Waals surface area contributed by atoms with Gasteiger partial charge in [0.15, 0.2) is 0 Å². The lowest BCUT2D eigenvalue weighted by molar-refractivity contribution is 0.0730. The van der Waals surface area contributed by atoms with E-state index < -0.39 is 15.9 Å². The predicted octanol–water partition coefficient (Wildman–Crippen LogP) is 1.42. The highest BCUT2D eigenvalue weighted by Crippen LogP contribution is 2.21. The van der Waals surface area contributed by atoms with Crippen molar-refractivity contribution in [2.24, 2.45) is 0 Å². The lowest BCUT2D eigenvalue weighted by Gasteiger charge is -2.26. The summed E-state index contributed by atoms with van der Waals surface area (Å²) in [6.07, 6.45) is 0. The molecule has 1 amide bonds. The third kappa shape index (κ3) is 5.33. The summed E-state index contributed by atoms with van der Waals surface area (Å²) in [4.78, 5) is 12.5. The van der Waals surface area contributed by atoms with Crippen molar-refractivity contribution in [2.45, 2.75) is 13.5 Å². The Morgan fingerprint density at radius 1 is 1.28 bits per heavy atom. The zero-order valence-electron chi connectivity index (χ0n) is 15.9. The van der Waals surface area contributed by atoms with Gasteiger partial charge in [-0.05, 0) is 24.6 Å². The summed E-state index contributed by atoms with van der Waals surface area (Å²) in [7, 11) is -3.47. The molecule has 1 aliphatic heterocycles. The fourth-order valence-electron chi connectivity index (χ4n) is 3.01. The number of nitrogens with zero attached hydrogens (tertiary/aromatic N) is 3. The first kappa shape index (κ1) is 21.7. The van der Waals surface area contributed by atoms with Crippen LogP contribution in [0.25, 0.3) is 0 Å². The molecule has 1 saturated heterocycles. The molecule has 2 heterocycles. The molecule has 0 spiro atoms. The highest BCUT2D eigenvalue weighted by molar-refractivity contribution is 7.89. The number of carbonyl (C=O) groups excluding carboxylic acids is 1. The number of aromatic nitrogens is 2. The molecule has 0 saturated carbocycles. The molecule has 1 N–H and O–H groups in total. The Balaban J connectivity index is 1.62. The zero-order valence-corrected chi connectivity index (χ0v) is 17.5. The van der Waals surface area contributed by atoms with E-state index in [4.69, 9.17) is 16.3 Å². The summed E-state index contributed by atoms with van der Waals surface area (Å²) in [6.45, 7) is 3.25. The maximum Gasteiger partial charge on any atom is 0.256 e. The average molecular weight is 445 g/mol. The van der Waals surface area contributed by atoms with Crippen molar-refractivity contribution < 1.29 is 22.3 Å². The zero-order chi connectivity index (χ0) is 21.0. The minimum absolute atomic E-state index is 0.0442. The van der Waals surface area contributed by atoms with Gasteiger partial charge in [0.05, 0.1) is 36.8 Å². The van der Waals surface area contributed by atoms with E-state index in [1.807, 2.05) is 0 Å². The number of hydrogen-bond acceptors (Lipinski definition) is 5. The van der Waals surface area contributed by atoms with E-state index in [2.05, 4.69) is 10.4 Å². The third-order valence-corrected chi connectivity index (χ3v) is 6.80. The van der Waals surface area contributed by atoms with Gasteiger partial charge in [-0.3, -0.25) is 4.79 Å². The Kier molecular flexibility index (Phi) is 6.89. The van der Waals surface area contributed by atoms with E-state index in [1.165, 1.54) is 21.1 Å². The largest absolute Gasteiger partial charge is 0.379 e. The van der Waals surface area contributed by atoms with Crippen LogP contribution < -0.4 is 5.32 Å². The summed E-state index contributed by atoms with van der Waals surface area (Å²) in [5.74, 6) is -1.04. The van der Waals surface area contributed by atoms with Crippen LogP contribution in [0.5, 0.6) is 0 Å². The van der Waals surface area contributed by atoms with Crippen LogP contribution in [0.1, 0.15) is 21.6 Å². The van der Waals surface area contributed by atoms with E-state index in [1.54, 1.807) is 19.1 Å². The van der Waals surface area contributed by atoms with Gasteiger partial charge in [0.2, 0.25) is 10.0 Å². The summed E-state index contributed by atoms with van der Waals surface area (Å²) in [6, 6.07) is 5.89. The Hall–Kier alpha value is -2.01. The number of amides is 1. The highest BCUT2D eigenvalue weighted by Gasteiger charge is 2.25. The van der Waals surface area contributed by atoms with E-state index in [9.17, 15) is 17.6 Å². The molecule has 11 heteroatoms. The number of aryl methyl sites for hydroxylation is 1. The van der Waals surface area contributed by atoms with Gasteiger partial charge < -0.3 is 10.1 Å². The molecule has 29 heavy (non-hydrogen) atoms. The van der Waals surface area contributed by atoms with Crippen LogP contribution >= 0.6 is 11.6 Å². The first-order chi connectivity index (χ1) is 13.8. The quantitative estimate of drug-likeness (QED) is 0.697. The van der Waals surface area contributed by atoms with Gasteiger partial charge in [-0.25, -0.2) is 17.5 Å². The van der Waals surface area contributed by atoms with Crippen molar-refractivity contribution in [1.82, 2.24) is 19.4 Å². The van der Waals surface area contributed by atoms with E-state index >= 15 is 0 Å². The molecule has 0 unspecified atom stereocenters. The molecule has 2 aromatic rings. The number of morpholine rings is 1. The minimum atomic E-state index is -3.47. The normalized spacial score (nSPS) is 15.4. The molecule has 8 nitrogen and oxygen atoms in total. The first-order valence-electron chi connectivity index (χ1n) is 9.09. The lowest BCUT2D eigenvalue weighted by atomic mass is 10.2. The first-order valence-corrected chi connectivity index (χ1v) is 11.1. The van der Waals surface area contributed by atoms with Crippen molar-refractivity contribution in [3.63, 3.8) is 0 Å². The van der Waals surface area contributed by atoms with E-state index in [0.717, 1.165) is 5.56 Å². The second-order valence-electron chi connectivity index (χ2n) is 6.62. The smallest absolute Gasteiger partial charge is 0.256 e. The van der Waals surface area contributed by atoms with E-state index in [0.29, 0.717) is 32.0 Å². The Bertz CT molecular complexity index is 972. The molecule has 0 radical (unpaired) electrons. The molecule has 1 aromatic carbocycles. The summed E-state index contributed by atoms with van der Waals surface area (Å²) in [5.41, 5.74) is 1.39. The van der Waals surface area contributed by atoms with Crippen LogP contribution in [0.15, 0.2) is 24.3 Å². The van der Waals surface area contributed by atoms with Crippen molar-refractivity contribution in [3.05, 3.63) is 52.1 Å². The van der Waals surface area contributed by atoms with Gasteiger partial charge in [-0.2, -0.15) is 9.40 Å². The number of benzene rings is 1. The molecule has 1 aromatic heterocycles. The average Bonchev–Trinajstić information content (AvgIpc) is 2.97. The number of carbonyl (C=O) groups is 1. The van der Waals surface area contributed by atoms with Crippen molar-refractivity contribution in [1.29, 1.82) is 0 Å². The topological polar surface area (TPSA) is 93.5 Å². The summed E-state index contributed by atoms with van der Waals surface area (Å²) >= 11 is 6.32. The monoisotopic (exact) mass is 444 g/mol. The van der Waals surface area contributed by atoms with Crippen LogP contribution in [0.4, 0.5) is 4.39 Å². The molecule has 1 fully saturated rings. The molecule has 0 aliphatic carbocycles. The van der Waals surface area contributed by atoms with Crippen LogP contribution in [-0.2, 0) is 21.3 Å². The number of ether oxygens (including phenoxy) is 1. The SMILES string of the molecule is Cc1nn(Cc2ccc(F)cc2)c(Cl)c1C(=O)NCCS(=O)(=O)N1CCOCC1. The van der Waals surface area contributed by atoms with Crippen LogP contribution in [-0.4, -0.2) is 67.0 Å². The van der Waals surface area contributed by atoms with Gasteiger partial charge in [0.1, 0.15) is 11.0 Å². The molecule has 1 aliphatic rings. The van der Waals surface area contributed by atoms with Gasteiger partial charge in [0.25, 0.3) is 5.91 Å². The second-order valence-corrected chi connectivity index (χ2v) is 9.07. The number of sulfonamides is 1. The summed E-state index contributed by atoms with van der Waals surface area (Å²) < 4.78 is 45.6. The molecular formula is C18H22ClFN4O4S. The fourth-order valence-corrected chi connectivity index (χ4v) is 4.66. The highest BCUT2D eigenvalue weighted by atomic mass is 35.5. The van der Waals surface area contributed by atoms with Crippen LogP contribution in [0.3, 0.4) is 0 Å². The Morgan fingerprint density at radius 2 is 1.93 bits per heavy atom. The van der Waals surface area contributed by atoms with Crippen LogP contribution in [0.2, 0.25) is 5.15 Å². The van der Waals surface area contributed by atoms with Gasteiger partial charge >= 0.3 is 0 Å². The second kappa shape index (κ2) is 9.21. The molecule has 158 valence electrons. The van der Waals surface area contributed by atoms with Gasteiger partial charge in [0, 0.05) is 19.6 Å². The number of halogens is 2. The van der Waals surface area contributed by atoms with Crippen molar-refractivity contribution in [2.75, 3.05) is 38.6 Å². The Morgan fingerprint density at radius 3 is 2.59 bits per heavy atom. The van der Waals surface area contributed by atoms with Gasteiger partial charge in [-0.1, -0.05) is 23.7 Å². The third-order valence-electron chi connectivity index (χ3n) is 4.55. The molecule has 3 rings (SSSR count). The standard InChI is InChI=1S/C18H22ClFN4O4S/c1-13-16(17(19)24(22-13)12-14-2-4-15(20)5-3-14)18(25)21-6-11-29(26,27)23-7-9-28-10-8-23/h2-5H,6-12H2,1H3,(H,21,25). The maximum absolute atomic E-state index is 13.0. The van der Waals surface area contributed by atoms with Crippen LogP contribution in [0, 0.1) is 12.7 Å². The lowest BCUT2D eigenvalue weighted by Crippen LogP contribution is -2.43. The number of rotatable bonds is 7. The van der Waals surface area contributed by atoms with Crippen molar-refractivity contribution in [3.8, 4) is 0 Å². The van der Waals surface area contributed by atoms with E-state index in [-0.39, 0.29) is 35.4 Å².